The second kappa shape index (κ2) is 4.47. The molecule has 2 heteroatoms. The van der Waals surface area contributed by atoms with Gasteiger partial charge in [-0.15, -0.1) is 0 Å². The second-order valence-electron chi connectivity index (χ2n) is 1.34. The van der Waals surface area contributed by atoms with E-state index in [-0.39, 0.29) is 48.9 Å². The molecule has 1 nitrogen and oxygen atoms in total. The molecule has 44 valence electrons. The van der Waals surface area contributed by atoms with Crippen LogP contribution in [0, 0.1) is 48.9 Å². The molecule has 0 heterocycles. The number of benzene rings is 1. The van der Waals surface area contributed by atoms with Gasteiger partial charge >= 0.3 is 0 Å². The van der Waals surface area contributed by atoms with Crippen LogP contribution in [0.4, 0.5) is 0 Å². The number of phenolic OH excluding ortho intramolecular Hbond substituents is 1. The van der Waals surface area contributed by atoms with E-state index < -0.39 is 0 Å². The van der Waals surface area contributed by atoms with E-state index in [1.54, 1.807) is 24.3 Å². The Labute approximate surface area is 88.8 Å². The molecule has 8 heavy (non-hydrogen) atoms. The van der Waals surface area contributed by atoms with Crippen molar-refractivity contribution in [2.75, 3.05) is 0 Å². The number of rotatable bonds is 0. The molecule has 0 atom stereocenters. The van der Waals surface area contributed by atoms with Crippen molar-refractivity contribution in [3.05, 3.63) is 30.3 Å². The average Bonchev–Trinajstić information content (AvgIpc) is 1.69. The number of aromatic hydroxyl groups is 1. The number of para-hydroxylation sites is 1. The van der Waals surface area contributed by atoms with E-state index >= 15 is 0 Å². The van der Waals surface area contributed by atoms with Gasteiger partial charge in [0.05, 0.1) is 0 Å². The van der Waals surface area contributed by atoms with Crippen LogP contribution in [-0.4, -0.2) is 5.11 Å². The molecule has 0 aliphatic carbocycles. The maximum absolute atomic E-state index is 8.63. The topological polar surface area (TPSA) is 20.2 Å². The van der Waals surface area contributed by atoms with E-state index in [0.717, 1.165) is 0 Å². The third-order valence-corrected chi connectivity index (χ3v) is 0.756. The molecule has 0 aliphatic heterocycles. The third kappa shape index (κ3) is 2.79. The third-order valence-electron chi connectivity index (χ3n) is 0.756. The summed E-state index contributed by atoms with van der Waals surface area (Å²) in [5.41, 5.74) is 0. The van der Waals surface area contributed by atoms with Crippen molar-refractivity contribution in [1.82, 2.24) is 0 Å². The van der Waals surface area contributed by atoms with Crippen LogP contribution < -0.4 is 0 Å². The van der Waals surface area contributed by atoms with Gasteiger partial charge in [0.2, 0.25) is 0 Å². The Bertz CT molecular complexity index is 138. The molecule has 0 fully saturated rings. The van der Waals surface area contributed by atoms with Gasteiger partial charge in [0.1, 0.15) is 5.75 Å². The van der Waals surface area contributed by atoms with Crippen LogP contribution >= 0.6 is 0 Å². The van der Waals surface area contributed by atoms with Crippen molar-refractivity contribution in [3.8, 4) is 5.75 Å². The van der Waals surface area contributed by atoms with Crippen LogP contribution in [0.25, 0.3) is 0 Å². The minimum absolute atomic E-state index is 0. The molecule has 0 radical (unpaired) electrons. The summed E-state index contributed by atoms with van der Waals surface area (Å²) < 4.78 is 0. The summed E-state index contributed by atoms with van der Waals surface area (Å²) in [4.78, 5) is 0. The molecular formula is C6H6OXe. The Morgan fingerprint density at radius 1 is 1.00 bits per heavy atom. The van der Waals surface area contributed by atoms with Crippen molar-refractivity contribution in [3.63, 3.8) is 0 Å². The van der Waals surface area contributed by atoms with Crippen LogP contribution in [-0.2, 0) is 0 Å². The maximum atomic E-state index is 8.63. The number of phenols is 1. The molecule has 0 amide bonds. The van der Waals surface area contributed by atoms with Gasteiger partial charge in [0.15, 0.2) is 0 Å². The first-order valence-corrected chi connectivity index (χ1v) is 2.13. The van der Waals surface area contributed by atoms with E-state index in [4.69, 9.17) is 5.11 Å². The zero-order valence-corrected chi connectivity index (χ0v) is 6.21. The molecule has 0 aromatic heterocycles. The van der Waals surface area contributed by atoms with Gasteiger partial charge in [-0.2, -0.15) is 0 Å². The quantitative estimate of drug-likeness (QED) is 0.707. The van der Waals surface area contributed by atoms with E-state index in [0.29, 0.717) is 5.75 Å². The Balaban J connectivity index is 0.000000490. The van der Waals surface area contributed by atoms with Crippen molar-refractivity contribution in [2.24, 2.45) is 0 Å². The average molecular weight is 225 g/mol. The smallest absolute Gasteiger partial charge is 0.115 e. The fourth-order valence-corrected chi connectivity index (χ4v) is 0.428. The SMILES string of the molecule is Oc1ccccc1.[Xe]. The number of hydrogen-bond acceptors (Lipinski definition) is 1. The van der Waals surface area contributed by atoms with Gasteiger partial charge in [0.25, 0.3) is 0 Å². The second-order valence-corrected chi connectivity index (χ2v) is 1.34. The molecule has 0 unspecified atom stereocenters. The van der Waals surface area contributed by atoms with Crippen LogP contribution in [0.15, 0.2) is 30.3 Å². The first-order chi connectivity index (χ1) is 3.39. The van der Waals surface area contributed by atoms with Gasteiger partial charge in [-0.1, -0.05) is 18.2 Å². The Kier molecular flexibility index (Phi) is 4.80. The normalized spacial score (nSPS) is 7.50. The van der Waals surface area contributed by atoms with Crippen LogP contribution in [0.5, 0.6) is 5.75 Å². The van der Waals surface area contributed by atoms with Gasteiger partial charge in [-0.05, 0) is 12.1 Å². The first kappa shape index (κ1) is 8.59. The molecular weight excluding hydrogens is 219 g/mol. The molecule has 0 aliphatic rings. The standard InChI is InChI=1S/C6H6O.Xe/c7-6-4-2-1-3-5-6;/h1-5,7H;. The van der Waals surface area contributed by atoms with Gasteiger partial charge in [-0.25, -0.2) is 0 Å². The largest absolute Gasteiger partial charge is 0.508 e. The van der Waals surface area contributed by atoms with Crippen molar-refractivity contribution >= 4 is 0 Å². The molecule has 1 rings (SSSR count). The summed E-state index contributed by atoms with van der Waals surface area (Å²) in [6.07, 6.45) is 0. The molecule has 0 saturated carbocycles. The minimum atomic E-state index is 0. The zero-order valence-electron chi connectivity index (χ0n) is 4.19. The monoisotopic (exact) mass is 226 g/mol. The van der Waals surface area contributed by atoms with E-state index in [1.165, 1.54) is 0 Å². The summed E-state index contributed by atoms with van der Waals surface area (Å²) >= 11 is 0. The fraction of sp³-hybridized carbons (Fsp3) is 0. The van der Waals surface area contributed by atoms with Gasteiger partial charge < -0.3 is 5.11 Å². The van der Waals surface area contributed by atoms with Crippen LogP contribution in [0.1, 0.15) is 0 Å². The fourth-order valence-electron chi connectivity index (χ4n) is 0.428. The summed E-state index contributed by atoms with van der Waals surface area (Å²) in [6, 6.07) is 8.71. The summed E-state index contributed by atoms with van der Waals surface area (Å²) in [5, 5.41) is 8.63. The predicted molar refractivity (Wildman–Crippen MR) is 28.1 cm³/mol. The van der Waals surface area contributed by atoms with E-state index in [2.05, 4.69) is 0 Å². The minimum Gasteiger partial charge on any atom is -0.508 e. The Morgan fingerprint density at radius 2 is 1.50 bits per heavy atom. The summed E-state index contributed by atoms with van der Waals surface area (Å²) in [7, 11) is 0. The van der Waals surface area contributed by atoms with Gasteiger partial charge in [-0.3, -0.25) is 0 Å². The van der Waals surface area contributed by atoms with E-state index in [9.17, 15) is 0 Å². The molecule has 1 N–H and O–H groups in total. The summed E-state index contributed by atoms with van der Waals surface area (Å²) in [6.45, 7) is 0. The van der Waals surface area contributed by atoms with Crippen molar-refractivity contribution in [2.45, 2.75) is 0 Å². The maximum Gasteiger partial charge on any atom is 0.115 e. The van der Waals surface area contributed by atoms with Crippen LogP contribution in [0.2, 0.25) is 0 Å². The van der Waals surface area contributed by atoms with E-state index in [1.807, 2.05) is 6.07 Å². The molecule has 0 saturated heterocycles. The van der Waals surface area contributed by atoms with Crippen molar-refractivity contribution < 1.29 is 54.0 Å². The zero-order chi connectivity index (χ0) is 5.11. The molecule has 0 spiro atoms. The molecule has 0 bridgehead atoms. The Hall–Kier alpha value is 0.591. The Morgan fingerprint density at radius 3 is 1.75 bits per heavy atom. The van der Waals surface area contributed by atoms with Gasteiger partial charge in [0, 0.05) is 48.9 Å². The number of hydrogen-bond donors (Lipinski definition) is 1. The first-order valence-electron chi connectivity index (χ1n) is 2.13. The summed E-state index contributed by atoms with van der Waals surface area (Å²) in [5.74, 6) is 0.322. The predicted octanol–water partition coefficient (Wildman–Crippen LogP) is 1.39. The molecule has 1 aromatic rings. The van der Waals surface area contributed by atoms with Crippen molar-refractivity contribution in [1.29, 1.82) is 0 Å². The molecule has 1 aromatic carbocycles. The van der Waals surface area contributed by atoms with Crippen LogP contribution in [0.3, 0.4) is 0 Å².